The Bertz CT molecular complexity index is 537. The molecule has 0 bridgehead atoms. The van der Waals surface area contributed by atoms with Crippen molar-refractivity contribution in [1.82, 2.24) is 5.32 Å². The van der Waals surface area contributed by atoms with Crippen molar-refractivity contribution in [1.29, 1.82) is 0 Å². The molecule has 0 spiro atoms. The minimum absolute atomic E-state index is 0.164. The first-order valence-electron chi connectivity index (χ1n) is 12.7. The van der Waals surface area contributed by atoms with E-state index in [1.807, 2.05) is 0 Å². The molecule has 5 nitrogen and oxygen atoms in total. The Kier molecular flexibility index (Phi) is 15.5. The smallest absolute Gasteiger partial charge is 0.238 e. The fourth-order valence-electron chi connectivity index (χ4n) is 4.39. The molecule has 1 amide bonds. The van der Waals surface area contributed by atoms with Crippen LogP contribution in [0.3, 0.4) is 0 Å². The standard InChI is InChI=1S/C24H48N2O3S/c1-2-3-4-5-6-7-8-9-10-11-12-13-14-15-16-17-21-30(28,29)22-19-18-20-26-24(27)23(22)25/h22-23H,2-21,25H2,1H3,(H,26,27)/t22?,23-/m1/s1. The molecule has 1 aliphatic heterocycles. The third kappa shape index (κ3) is 12.3. The molecule has 1 heterocycles. The zero-order valence-electron chi connectivity index (χ0n) is 19.5. The van der Waals surface area contributed by atoms with Gasteiger partial charge in [0.05, 0.1) is 11.0 Å². The SMILES string of the molecule is CCCCCCCCCCCCCCCCCCS(=O)(=O)C1CCCNC(=O)[C@@H]1N. The van der Waals surface area contributed by atoms with E-state index in [2.05, 4.69) is 12.2 Å². The van der Waals surface area contributed by atoms with Crippen molar-refractivity contribution < 1.29 is 13.2 Å². The average molecular weight is 445 g/mol. The number of amides is 1. The molecule has 6 heteroatoms. The van der Waals surface area contributed by atoms with Crippen LogP contribution in [-0.2, 0) is 14.6 Å². The number of nitrogens with two attached hydrogens (primary N) is 1. The number of rotatable bonds is 18. The maximum atomic E-state index is 12.6. The minimum atomic E-state index is -3.29. The monoisotopic (exact) mass is 444 g/mol. The summed E-state index contributed by atoms with van der Waals surface area (Å²) in [5.41, 5.74) is 5.88. The van der Waals surface area contributed by atoms with E-state index in [0.29, 0.717) is 25.8 Å². The normalized spacial score (nSPS) is 20.1. The Morgan fingerprint density at radius 1 is 0.800 bits per heavy atom. The van der Waals surface area contributed by atoms with Gasteiger partial charge in [0.15, 0.2) is 9.84 Å². The molecule has 1 fully saturated rings. The largest absolute Gasteiger partial charge is 0.355 e. The van der Waals surface area contributed by atoms with E-state index in [-0.39, 0.29) is 11.7 Å². The van der Waals surface area contributed by atoms with Crippen molar-refractivity contribution in [2.75, 3.05) is 12.3 Å². The van der Waals surface area contributed by atoms with Crippen LogP contribution in [0.15, 0.2) is 0 Å². The van der Waals surface area contributed by atoms with Crippen molar-refractivity contribution in [3.05, 3.63) is 0 Å². The van der Waals surface area contributed by atoms with E-state index >= 15 is 0 Å². The maximum Gasteiger partial charge on any atom is 0.238 e. The zero-order valence-corrected chi connectivity index (χ0v) is 20.3. The lowest BCUT2D eigenvalue weighted by molar-refractivity contribution is -0.121. The lowest BCUT2D eigenvalue weighted by Gasteiger charge is -2.20. The lowest BCUT2D eigenvalue weighted by Crippen LogP contribution is -2.49. The molecule has 1 aliphatic rings. The quantitative estimate of drug-likeness (QED) is 0.282. The zero-order chi connectivity index (χ0) is 22.1. The summed E-state index contributed by atoms with van der Waals surface area (Å²) in [7, 11) is -3.29. The molecule has 0 aromatic heterocycles. The molecular formula is C24H48N2O3S. The molecule has 0 saturated carbocycles. The van der Waals surface area contributed by atoms with E-state index in [4.69, 9.17) is 5.73 Å². The number of nitrogens with one attached hydrogen (secondary N) is 1. The highest BCUT2D eigenvalue weighted by atomic mass is 32.2. The van der Waals surface area contributed by atoms with Crippen LogP contribution in [-0.4, -0.2) is 37.9 Å². The van der Waals surface area contributed by atoms with Crippen molar-refractivity contribution in [3.63, 3.8) is 0 Å². The number of unbranched alkanes of at least 4 members (excludes halogenated alkanes) is 15. The highest BCUT2D eigenvalue weighted by Crippen LogP contribution is 2.18. The van der Waals surface area contributed by atoms with E-state index in [1.54, 1.807) is 0 Å². The third-order valence-corrected chi connectivity index (χ3v) is 8.72. The molecule has 1 saturated heterocycles. The number of hydrogen-bond donors (Lipinski definition) is 2. The summed E-state index contributed by atoms with van der Waals surface area (Å²) < 4.78 is 25.2. The van der Waals surface area contributed by atoms with Crippen molar-refractivity contribution >= 4 is 15.7 Å². The molecule has 3 N–H and O–H groups in total. The Labute approximate surface area is 186 Å². The fraction of sp³-hybridized carbons (Fsp3) is 0.958. The molecule has 2 atom stereocenters. The minimum Gasteiger partial charge on any atom is -0.355 e. The van der Waals surface area contributed by atoms with E-state index < -0.39 is 21.1 Å². The van der Waals surface area contributed by atoms with Gasteiger partial charge in [0.25, 0.3) is 0 Å². The predicted octanol–water partition coefficient (Wildman–Crippen LogP) is 5.27. The van der Waals surface area contributed by atoms with Crippen LogP contribution in [0, 0.1) is 0 Å². The summed E-state index contributed by atoms with van der Waals surface area (Å²) >= 11 is 0. The molecule has 178 valence electrons. The predicted molar refractivity (Wildman–Crippen MR) is 127 cm³/mol. The first kappa shape index (κ1) is 27.4. The molecule has 0 aromatic carbocycles. The van der Waals surface area contributed by atoms with Gasteiger partial charge in [-0.15, -0.1) is 0 Å². The van der Waals surface area contributed by atoms with Crippen LogP contribution in [0.5, 0.6) is 0 Å². The average Bonchev–Trinajstić information content (AvgIpc) is 2.89. The first-order valence-corrected chi connectivity index (χ1v) is 14.5. The number of sulfone groups is 1. The second kappa shape index (κ2) is 17.0. The molecule has 0 radical (unpaired) electrons. The topological polar surface area (TPSA) is 89.3 Å². The van der Waals surface area contributed by atoms with Gasteiger partial charge in [-0.25, -0.2) is 8.42 Å². The Morgan fingerprint density at radius 3 is 1.70 bits per heavy atom. The van der Waals surface area contributed by atoms with Gasteiger partial charge >= 0.3 is 0 Å². The van der Waals surface area contributed by atoms with Gasteiger partial charge in [-0.1, -0.05) is 103 Å². The van der Waals surface area contributed by atoms with Gasteiger partial charge in [0, 0.05) is 6.54 Å². The Hall–Kier alpha value is -0.620. The van der Waals surface area contributed by atoms with Crippen molar-refractivity contribution in [2.24, 2.45) is 5.73 Å². The van der Waals surface area contributed by atoms with Crippen LogP contribution in [0.25, 0.3) is 0 Å². The van der Waals surface area contributed by atoms with E-state index in [1.165, 1.54) is 83.5 Å². The highest BCUT2D eigenvalue weighted by Gasteiger charge is 2.36. The molecule has 1 rings (SSSR count). The summed E-state index contributed by atoms with van der Waals surface area (Å²) in [5, 5.41) is 1.98. The van der Waals surface area contributed by atoms with Crippen molar-refractivity contribution in [3.8, 4) is 0 Å². The fourth-order valence-corrected chi connectivity index (χ4v) is 6.39. The van der Waals surface area contributed by atoms with Gasteiger partial charge in [0.2, 0.25) is 5.91 Å². The first-order chi connectivity index (χ1) is 14.5. The molecular weight excluding hydrogens is 396 g/mol. The summed E-state index contributed by atoms with van der Waals surface area (Å²) in [5.74, 6) is -0.162. The van der Waals surface area contributed by atoms with Gasteiger partial charge < -0.3 is 11.1 Å². The van der Waals surface area contributed by atoms with Crippen LogP contribution in [0.1, 0.15) is 122 Å². The molecule has 1 unspecified atom stereocenters. The van der Waals surface area contributed by atoms with Gasteiger partial charge in [-0.2, -0.15) is 0 Å². The van der Waals surface area contributed by atoms with Gasteiger partial charge in [-0.3, -0.25) is 4.79 Å². The maximum absolute atomic E-state index is 12.6. The van der Waals surface area contributed by atoms with Crippen LogP contribution in [0.2, 0.25) is 0 Å². The summed E-state index contributed by atoms with van der Waals surface area (Å²) in [6.07, 6.45) is 21.5. The van der Waals surface area contributed by atoms with Crippen LogP contribution < -0.4 is 11.1 Å². The van der Waals surface area contributed by atoms with Crippen LogP contribution >= 0.6 is 0 Å². The van der Waals surface area contributed by atoms with E-state index in [0.717, 1.165) is 12.8 Å². The van der Waals surface area contributed by atoms with Gasteiger partial charge in [-0.05, 0) is 19.3 Å². The summed E-state index contributed by atoms with van der Waals surface area (Å²) in [6.45, 7) is 2.79. The van der Waals surface area contributed by atoms with Gasteiger partial charge in [0.1, 0.15) is 6.04 Å². The highest BCUT2D eigenvalue weighted by molar-refractivity contribution is 7.92. The Balaban J connectivity index is 1.95. The second-order valence-electron chi connectivity index (χ2n) is 9.17. The third-order valence-electron chi connectivity index (χ3n) is 6.41. The summed E-state index contributed by atoms with van der Waals surface area (Å²) in [4.78, 5) is 11.8. The van der Waals surface area contributed by atoms with Crippen molar-refractivity contribution in [2.45, 2.75) is 134 Å². The number of carbonyl (C=O) groups excluding carboxylic acids is 1. The van der Waals surface area contributed by atoms with E-state index in [9.17, 15) is 13.2 Å². The molecule has 30 heavy (non-hydrogen) atoms. The molecule has 0 aliphatic carbocycles. The van der Waals surface area contributed by atoms with Crippen LogP contribution in [0.4, 0.5) is 0 Å². The second-order valence-corrected chi connectivity index (χ2v) is 11.5. The number of carbonyl (C=O) groups is 1. The molecule has 0 aromatic rings. The number of hydrogen-bond acceptors (Lipinski definition) is 4. The summed E-state index contributed by atoms with van der Waals surface area (Å²) in [6, 6.07) is -0.918. The Morgan fingerprint density at radius 2 is 1.23 bits per heavy atom. The lowest BCUT2D eigenvalue weighted by atomic mass is 10.0.